The Hall–Kier alpha value is -3.10. The minimum Gasteiger partial charge on any atom is -0.384 e. The van der Waals surface area contributed by atoms with Gasteiger partial charge < -0.3 is 11.1 Å². The third-order valence-electron chi connectivity index (χ3n) is 3.40. The van der Waals surface area contributed by atoms with Crippen LogP contribution in [-0.2, 0) is 11.0 Å². The number of alkyl halides is 3. The number of nitrogen functional groups attached to an aromatic ring is 1. The standard InChI is InChI=1S/C15H12F3N5O/c16-15(17,18)11-5-9(14-21-7-13(24)22-23-14)1-2-10(11)8-3-4-20-12(19)6-8/h1-6H,7H2,(H2,19,20)(H,21,23)(H,22,24). The topological polar surface area (TPSA) is 92.4 Å². The Morgan fingerprint density at radius 1 is 1.12 bits per heavy atom. The minimum atomic E-state index is -4.57. The maximum Gasteiger partial charge on any atom is 0.417 e. The molecule has 3 rings (SSSR count). The van der Waals surface area contributed by atoms with E-state index in [2.05, 4.69) is 20.8 Å². The Labute approximate surface area is 134 Å². The monoisotopic (exact) mass is 335 g/mol. The summed E-state index contributed by atoms with van der Waals surface area (Å²) in [5, 5.41) is 6.40. The van der Waals surface area contributed by atoms with Gasteiger partial charge in [-0.15, -0.1) is 0 Å². The molecule has 0 bridgehead atoms. The van der Waals surface area contributed by atoms with E-state index in [-0.39, 0.29) is 35.2 Å². The highest BCUT2D eigenvalue weighted by molar-refractivity contribution is 6.03. The zero-order chi connectivity index (χ0) is 17.3. The van der Waals surface area contributed by atoms with Gasteiger partial charge in [-0.3, -0.25) is 4.79 Å². The van der Waals surface area contributed by atoms with Crippen LogP contribution < -0.4 is 16.5 Å². The molecule has 1 aromatic carbocycles. The van der Waals surface area contributed by atoms with Crippen molar-refractivity contribution in [1.29, 1.82) is 0 Å². The summed E-state index contributed by atoms with van der Waals surface area (Å²) in [7, 11) is 0. The van der Waals surface area contributed by atoms with Gasteiger partial charge in [-0.05, 0) is 29.3 Å². The molecule has 0 saturated heterocycles. The highest BCUT2D eigenvalue weighted by Crippen LogP contribution is 2.38. The highest BCUT2D eigenvalue weighted by atomic mass is 19.4. The van der Waals surface area contributed by atoms with Crippen molar-refractivity contribution in [2.75, 3.05) is 12.3 Å². The summed E-state index contributed by atoms with van der Waals surface area (Å²) in [6, 6.07) is 6.64. The maximum atomic E-state index is 13.5. The number of aromatic nitrogens is 1. The number of hydrogen-bond donors (Lipinski definition) is 3. The molecule has 6 nitrogen and oxygen atoms in total. The van der Waals surface area contributed by atoms with Gasteiger partial charge in [-0.25, -0.2) is 10.4 Å². The molecule has 2 heterocycles. The van der Waals surface area contributed by atoms with Gasteiger partial charge in [0.1, 0.15) is 5.82 Å². The molecule has 124 valence electrons. The fourth-order valence-corrected chi connectivity index (χ4v) is 2.32. The smallest absolute Gasteiger partial charge is 0.384 e. The van der Waals surface area contributed by atoms with E-state index in [1.807, 2.05) is 0 Å². The Balaban J connectivity index is 2.10. The summed E-state index contributed by atoms with van der Waals surface area (Å²) in [5.41, 5.74) is 7.47. The first-order chi connectivity index (χ1) is 11.3. The third kappa shape index (κ3) is 3.14. The number of benzene rings is 1. The Kier molecular flexibility index (Phi) is 3.84. The minimum absolute atomic E-state index is 0.0132. The predicted octanol–water partition coefficient (Wildman–Crippen LogP) is 1.73. The van der Waals surface area contributed by atoms with Crippen LogP contribution in [0.1, 0.15) is 11.1 Å². The fraction of sp³-hybridized carbons (Fsp3) is 0.133. The van der Waals surface area contributed by atoms with Crippen molar-refractivity contribution in [2.45, 2.75) is 6.18 Å². The molecule has 2 aromatic rings. The highest BCUT2D eigenvalue weighted by Gasteiger charge is 2.34. The molecule has 0 fully saturated rings. The van der Waals surface area contributed by atoms with Crippen LogP contribution in [0.25, 0.3) is 11.1 Å². The van der Waals surface area contributed by atoms with Gasteiger partial charge in [0, 0.05) is 11.8 Å². The van der Waals surface area contributed by atoms with Gasteiger partial charge in [0.15, 0.2) is 5.84 Å². The molecule has 0 atom stereocenters. The number of halogens is 3. The third-order valence-corrected chi connectivity index (χ3v) is 3.40. The molecule has 0 saturated carbocycles. The van der Waals surface area contributed by atoms with Crippen molar-refractivity contribution < 1.29 is 18.0 Å². The molecule has 0 aliphatic carbocycles. The van der Waals surface area contributed by atoms with Crippen LogP contribution in [0, 0.1) is 0 Å². The lowest BCUT2D eigenvalue weighted by atomic mass is 9.97. The molecular weight excluding hydrogens is 323 g/mol. The number of hydrazone groups is 1. The van der Waals surface area contributed by atoms with Crippen LogP contribution in [-0.4, -0.2) is 23.3 Å². The quantitative estimate of drug-likeness (QED) is 0.779. The normalized spacial score (nSPS) is 14.6. The summed E-state index contributed by atoms with van der Waals surface area (Å²) in [4.78, 5) is 14.8. The first kappa shape index (κ1) is 15.8. The number of carbonyl (C=O) groups is 1. The van der Waals surface area contributed by atoms with Crippen LogP contribution in [0.5, 0.6) is 0 Å². The predicted molar refractivity (Wildman–Crippen MR) is 81.8 cm³/mol. The maximum absolute atomic E-state index is 13.5. The largest absolute Gasteiger partial charge is 0.417 e. The molecule has 24 heavy (non-hydrogen) atoms. The zero-order valence-electron chi connectivity index (χ0n) is 12.2. The summed E-state index contributed by atoms with van der Waals surface area (Å²) >= 11 is 0. The van der Waals surface area contributed by atoms with Gasteiger partial charge >= 0.3 is 6.18 Å². The molecule has 1 aromatic heterocycles. The van der Waals surface area contributed by atoms with E-state index in [1.54, 1.807) is 0 Å². The average molecular weight is 335 g/mol. The summed E-state index contributed by atoms with van der Waals surface area (Å²) < 4.78 is 40.4. The molecule has 0 unspecified atom stereocenters. The summed E-state index contributed by atoms with van der Waals surface area (Å²) in [6.45, 7) is -0.0528. The van der Waals surface area contributed by atoms with Crippen LogP contribution in [0.3, 0.4) is 0 Å². The molecule has 9 heteroatoms. The second-order valence-corrected chi connectivity index (χ2v) is 5.08. The van der Waals surface area contributed by atoms with Crippen molar-refractivity contribution in [1.82, 2.24) is 15.7 Å². The summed E-state index contributed by atoms with van der Waals surface area (Å²) in [6.07, 6.45) is -3.22. The van der Waals surface area contributed by atoms with Gasteiger partial charge in [-0.2, -0.15) is 18.3 Å². The molecule has 0 spiro atoms. The number of hydrogen-bond acceptors (Lipinski definition) is 5. The lowest BCUT2D eigenvalue weighted by molar-refractivity contribution is -0.137. The second-order valence-electron chi connectivity index (χ2n) is 5.08. The van der Waals surface area contributed by atoms with E-state index in [1.165, 1.54) is 30.5 Å². The van der Waals surface area contributed by atoms with Gasteiger partial charge in [0.05, 0.1) is 12.1 Å². The molecular formula is C15H12F3N5O. The van der Waals surface area contributed by atoms with Crippen LogP contribution >= 0.6 is 0 Å². The van der Waals surface area contributed by atoms with E-state index in [0.29, 0.717) is 5.56 Å². The number of nitrogens with one attached hydrogen (secondary N) is 2. The first-order valence-electron chi connectivity index (χ1n) is 6.88. The number of rotatable bonds is 2. The van der Waals surface area contributed by atoms with Gasteiger partial charge in [-0.1, -0.05) is 12.1 Å². The zero-order valence-corrected chi connectivity index (χ0v) is 12.2. The van der Waals surface area contributed by atoms with Gasteiger partial charge in [0.2, 0.25) is 0 Å². The van der Waals surface area contributed by atoms with Crippen LogP contribution in [0.4, 0.5) is 19.0 Å². The van der Waals surface area contributed by atoms with E-state index in [9.17, 15) is 18.0 Å². The number of amides is 1. The lowest BCUT2D eigenvalue weighted by Gasteiger charge is -2.18. The number of carbonyl (C=O) groups excluding carboxylic acids is 1. The van der Waals surface area contributed by atoms with Crippen molar-refractivity contribution in [2.24, 2.45) is 5.10 Å². The lowest BCUT2D eigenvalue weighted by Crippen LogP contribution is -2.42. The Morgan fingerprint density at radius 2 is 1.92 bits per heavy atom. The summed E-state index contributed by atoms with van der Waals surface area (Å²) in [5.74, 6) is -0.0645. The Bertz CT molecular complexity index is 832. The fourth-order valence-electron chi connectivity index (χ4n) is 2.32. The number of nitrogens with two attached hydrogens (primary N) is 1. The SMILES string of the molecule is Nc1cc(-c2ccc(C3=NNC(=O)CN3)cc2C(F)(F)F)ccn1. The van der Waals surface area contributed by atoms with E-state index >= 15 is 0 Å². The van der Waals surface area contributed by atoms with E-state index < -0.39 is 11.7 Å². The van der Waals surface area contributed by atoms with E-state index in [0.717, 1.165) is 6.07 Å². The van der Waals surface area contributed by atoms with E-state index in [4.69, 9.17) is 5.73 Å². The van der Waals surface area contributed by atoms with Crippen LogP contribution in [0.2, 0.25) is 0 Å². The second kappa shape index (κ2) is 5.84. The first-order valence-corrected chi connectivity index (χ1v) is 6.88. The average Bonchev–Trinajstić information content (AvgIpc) is 2.54. The molecule has 1 amide bonds. The number of nitrogens with zero attached hydrogens (tertiary/aromatic N) is 2. The molecule has 1 aliphatic heterocycles. The number of amidine groups is 1. The number of anilines is 1. The molecule has 1 aliphatic rings. The van der Waals surface area contributed by atoms with Crippen molar-refractivity contribution in [3.8, 4) is 11.1 Å². The van der Waals surface area contributed by atoms with Crippen molar-refractivity contribution in [3.63, 3.8) is 0 Å². The van der Waals surface area contributed by atoms with Crippen molar-refractivity contribution in [3.05, 3.63) is 47.7 Å². The number of pyridine rings is 1. The van der Waals surface area contributed by atoms with Crippen molar-refractivity contribution >= 4 is 17.6 Å². The van der Waals surface area contributed by atoms with Gasteiger partial charge in [0.25, 0.3) is 5.91 Å². The Morgan fingerprint density at radius 3 is 2.54 bits per heavy atom. The molecule has 4 N–H and O–H groups in total. The van der Waals surface area contributed by atoms with Crippen LogP contribution in [0.15, 0.2) is 41.6 Å². The molecule has 0 radical (unpaired) electrons.